The smallest absolute Gasteiger partial charge is 0.0253 e. The molecule has 0 saturated heterocycles. The van der Waals surface area contributed by atoms with Crippen molar-refractivity contribution in [2.75, 3.05) is 12.3 Å². The predicted molar refractivity (Wildman–Crippen MR) is 169 cm³/mol. The van der Waals surface area contributed by atoms with Crippen LogP contribution in [0.5, 0.6) is 0 Å². The number of halogens is 2. The van der Waals surface area contributed by atoms with Gasteiger partial charge in [-0.2, -0.15) is 35.9 Å². The van der Waals surface area contributed by atoms with Crippen LogP contribution in [0.4, 0.5) is 0 Å². The molecule has 0 saturated carbocycles. The summed E-state index contributed by atoms with van der Waals surface area (Å²) in [4.78, 5) is 0. The summed E-state index contributed by atoms with van der Waals surface area (Å²) in [5.41, 5.74) is 5.51. The van der Waals surface area contributed by atoms with Crippen LogP contribution in [0.1, 0.15) is 76.3 Å². The zero-order valence-corrected chi connectivity index (χ0v) is 27.9. The molecule has 0 atom stereocenters. The average Bonchev–Trinajstić information content (AvgIpc) is 3.55. The van der Waals surface area contributed by atoms with Crippen LogP contribution in [0.15, 0.2) is 78.9 Å². The van der Waals surface area contributed by atoms with E-state index in [1.165, 1.54) is 96.7 Å². The van der Waals surface area contributed by atoms with Gasteiger partial charge in [0.2, 0.25) is 0 Å². The van der Waals surface area contributed by atoms with Crippen LogP contribution < -0.4 is 5.30 Å². The molecule has 0 aliphatic heterocycles. The van der Waals surface area contributed by atoms with Crippen molar-refractivity contribution in [2.24, 2.45) is 0 Å². The Morgan fingerprint density at radius 3 is 2.11 bits per heavy atom. The summed E-state index contributed by atoms with van der Waals surface area (Å²) in [6, 6.07) is 31.9. The Morgan fingerprint density at radius 2 is 1.42 bits per heavy atom. The van der Waals surface area contributed by atoms with Crippen LogP contribution >= 0.6 is 24.9 Å². The molecule has 4 aromatic carbocycles. The maximum absolute atomic E-state index is 4.93. The van der Waals surface area contributed by atoms with Crippen LogP contribution in [0.3, 0.4) is 0 Å². The van der Waals surface area contributed by atoms with E-state index in [-0.39, 0.29) is 7.92 Å². The van der Waals surface area contributed by atoms with E-state index in [9.17, 15) is 0 Å². The van der Waals surface area contributed by atoms with E-state index >= 15 is 0 Å². The van der Waals surface area contributed by atoms with E-state index in [0.717, 1.165) is 6.42 Å². The Balaban J connectivity index is 0.000000209. The Kier molecular flexibility index (Phi) is 15.4. The third-order valence-electron chi connectivity index (χ3n) is 7.15. The average molecular weight is 643 g/mol. The largest absolute Gasteiger partial charge is 0.179 e. The van der Waals surface area contributed by atoms with Gasteiger partial charge in [0.25, 0.3) is 0 Å². The molecule has 5 rings (SSSR count). The van der Waals surface area contributed by atoms with Gasteiger partial charge in [0, 0.05) is 0 Å². The molecule has 200 valence electrons. The first-order valence-electron chi connectivity index (χ1n) is 14.2. The van der Waals surface area contributed by atoms with Crippen LogP contribution in [-0.4, -0.2) is 12.3 Å². The fourth-order valence-electron chi connectivity index (χ4n) is 5.14. The molecule has 0 aromatic heterocycles. The first-order valence-corrected chi connectivity index (χ1v) is 22.2. The van der Waals surface area contributed by atoms with E-state index < -0.39 is 20.8 Å². The van der Waals surface area contributed by atoms with Gasteiger partial charge in [-0.25, -0.2) is 0 Å². The second-order valence-corrected chi connectivity index (χ2v) is 16.1. The summed E-state index contributed by atoms with van der Waals surface area (Å²) >= 11 is -0.826. The molecule has 4 aromatic rings. The Hall–Kier alpha value is -0.837. The van der Waals surface area contributed by atoms with Gasteiger partial charge in [-0.05, 0) is 31.6 Å². The number of fused-ring (bicyclic) bond motifs is 4. The zero-order chi connectivity index (χ0) is 27.0. The Morgan fingerprint density at radius 1 is 0.789 bits per heavy atom. The fraction of sp³-hybridized carbons (Fsp3) is 0.382. The van der Waals surface area contributed by atoms with Crippen molar-refractivity contribution < 1.29 is 20.8 Å². The molecule has 1 aliphatic carbocycles. The van der Waals surface area contributed by atoms with Gasteiger partial charge in [0.1, 0.15) is 0 Å². The molecule has 0 amide bonds. The number of hydrogen-bond donors (Lipinski definition) is 0. The van der Waals surface area contributed by atoms with Crippen molar-refractivity contribution in [3.63, 3.8) is 0 Å². The molecule has 38 heavy (non-hydrogen) atoms. The van der Waals surface area contributed by atoms with E-state index in [1.807, 2.05) is 6.07 Å². The maximum atomic E-state index is 4.93. The molecular weight excluding hydrogens is 601 g/mol. The van der Waals surface area contributed by atoms with Crippen LogP contribution in [-0.2, 0) is 27.3 Å². The molecule has 1 aliphatic rings. The number of rotatable bonds is 11. The molecular formula is C34H41Cl2PZr. The molecule has 0 spiro atoms. The van der Waals surface area contributed by atoms with Crippen LogP contribution in [0.2, 0.25) is 0 Å². The molecule has 0 radical (unpaired) electrons. The van der Waals surface area contributed by atoms with Crippen molar-refractivity contribution in [3.05, 3.63) is 96.1 Å². The fourth-order valence-corrected chi connectivity index (χ4v) is 7.74. The molecule has 0 fully saturated rings. The summed E-state index contributed by atoms with van der Waals surface area (Å²) in [6.45, 7) is 4.61. The number of hydrogen-bond acceptors (Lipinski definition) is 0. The van der Waals surface area contributed by atoms with Crippen molar-refractivity contribution in [2.45, 2.75) is 71.6 Å². The minimum Gasteiger partial charge on any atom is -0.179 e. The first kappa shape index (κ1) is 31.7. The zero-order valence-electron chi connectivity index (χ0n) is 23.0. The monoisotopic (exact) mass is 640 g/mol. The van der Waals surface area contributed by atoms with Gasteiger partial charge in [0.15, 0.2) is 0 Å². The van der Waals surface area contributed by atoms with Crippen molar-refractivity contribution in [1.29, 1.82) is 0 Å². The van der Waals surface area contributed by atoms with Crippen LogP contribution in [0, 0.1) is 6.07 Å². The van der Waals surface area contributed by atoms with E-state index in [2.05, 4.69) is 92.7 Å². The van der Waals surface area contributed by atoms with Crippen molar-refractivity contribution >= 4 is 41.0 Å². The number of benzene rings is 3. The third kappa shape index (κ3) is 9.97. The predicted octanol–water partition coefficient (Wildman–Crippen LogP) is 11.3. The Labute approximate surface area is 251 Å². The molecule has 4 heteroatoms. The van der Waals surface area contributed by atoms with E-state index in [0.29, 0.717) is 0 Å². The minimum atomic E-state index is -0.826. The summed E-state index contributed by atoms with van der Waals surface area (Å²) < 4.78 is 0. The van der Waals surface area contributed by atoms with E-state index in [1.54, 1.807) is 5.30 Å². The normalized spacial score (nSPS) is 11.2. The van der Waals surface area contributed by atoms with Crippen molar-refractivity contribution in [3.8, 4) is 11.1 Å². The van der Waals surface area contributed by atoms with Gasteiger partial charge < -0.3 is 0 Å². The van der Waals surface area contributed by atoms with Gasteiger partial charge >= 0.3 is 37.9 Å². The van der Waals surface area contributed by atoms with Crippen LogP contribution in [0.25, 0.3) is 21.9 Å². The molecule has 0 bridgehead atoms. The van der Waals surface area contributed by atoms with E-state index in [4.69, 9.17) is 17.0 Å². The standard InChI is InChI=1S/C21H32P.C13H9.2ClH.Zr/c1-3-5-7-11-15-22(16-12-8-6-4-2)21-17-19-13-9-10-14-20(19)18-21;1-3-7-12-10(5-1)9-11-6-2-4-8-13(11)12;;;/h9-10,13-14,17-18H,3-8,11-12,15-16H2,1-2H3;1-5,7-8H,9H2;2*1H;/q2*-1;;;+4/p-2. The van der Waals surface area contributed by atoms with Gasteiger partial charge in [-0.3, -0.25) is 0 Å². The number of unbranched alkanes of at least 4 members (excludes halogenated alkanes) is 6. The summed E-state index contributed by atoms with van der Waals surface area (Å²) in [7, 11) is 9.93. The van der Waals surface area contributed by atoms with Crippen molar-refractivity contribution in [1.82, 2.24) is 0 Å². The molecule has 0 unspecified atom stereocenters. The topological polar surface area (TPSA) is 0 Å². The quantitative estimate of drug-likeness (QED) is 0.0764. The second-order valence-electron chi connectivity index (χ2n) is 9.92. The Bertz CT molecular complexity index is 1110. The summed E-state index contributed by atoms with van der Waals surface area (Å²) in [5, 5.41) is 4.53. The SMILES string of the molecule is CCCCCCP(CCCCCC)c1cc2ccccc2[cH-]1.[Cl][Zr+2][Cl].[c-]1cccc2c1Cc1ccccc1-2. The molecule has 0 N–H and O–H groups in total. The summed E-state index contributed by atoms with van der Waals surface area (Å²) in [5.74, 6) is 0. The van der Waals surface area contributed by atoms with Gasteiger partial charge in [-0.15, -0.1) is 45.9 Å². The first-order chi connectivity index (χ1) is 18.7. The summed E-state index contributed by atoms with van der Waals surface area (Å²) in [6.07, 6.45) is 15.1. The maximum Gasteiger partial charge on any atom is -0.0253 e. The van der Waals surface area contributed by atoms with Gasteiger partial charge in [0.05, 0.1) is 0 Å². The third-order valence-corrected chi connectivity index (χ3v) is 9.85. The van der Waals surface area contributed by atoms with Gasteiger partial charge in [-0.1, -0.05) is 102 Å². The molecule has 0 heterocycles. The second kappa shape index (κ2) is 18.5. The minimum absolute atomic E-state index is 0.0642. The molecule has 0 nitrogen and oxygen atoms in total.